The third-order valence-electron chi connectivity index (χ3n) is 3.81. The highest BCUT2D eigenvalue weighted by Gasteiger charge is 2.16. The molecule has 0 saturated carbocycles. The van der Waals surface area contributed by atoms with Crippen LogP contribution < -0.4 is 11.5 Å². The lowest BCUT2D eigenvalue weighted by Gasteiger charge is -2.12. The Hall–Kier alpha value is -2.60. The van der Waals surface area contributed by atoms with E-state index in [0.29, 0.717) is 0 Å². The van der Waals surface area contributed by atoms with E-state index in [0.717, 1.165) is 35.0 Å². The number of amides is 1. The third kappa shape index (κ3) is 2.27. The van der Waals surface area contributed by atoms with E-state index in [1.807, 2.05) is 38.4 Å². The van der Waals surface area contributed by atoms with Gasteiger partial charge in [0, 0.05) is 23.9 Å². The zero-order valence-corrected chi connectivity index (χ0v) is 12.7. The highest BCUT2D eigenvalue weighted by atomic mass is 16.1. The standard InChI is InChI=1S/C16H19N5O/c1-20(2)7-8-21-13-6-4-3-5-10(13)11-9-12(15(18)22)14(17)19-16(11)21/h3-6,9H,7-8H2,1-2H3,(H2,17,19)(H2,18,22). The Bertz CT molecular complexity index is 866. The van der Waals surface area contributed by atoms with Gasteiger partial charge in [-0.25, -0.2) is 4.98 Å². The van der Waals surface area contributed by atoms with E-state index in [1.54, 1.807) is 6.07 Å². The molecule has 2 aromatic heterocycles. The van der Waals surface area contributed by atoms with Crippen LogP contribution in [-0.2, 0) is 6.54 Å². The minimum absolute atomic E-state index is 0.175. The van der Waals surface area contributed by atoms with Crippen molar-refractivity contribution in [1.82, 2.24) is 14.5 Å². The van der Waals surface area contributed by atoms with Crippen LogP contribution in [-0.4, -0.2) is 41.0 Å². The number of anilines is 1. The molecule has 3 rings (SSSR count). The number of pyridine rings is 1. The molecular weight excluding hydrogens is 278 g/mol. The number of benzene rings is 1. The molecule has 0 aliphatic heterocycles. The first-order chi connectivity index (χ1) is 10.5. The highest BCUT2D eigenvalue weighted by Crippen LogP contribution is 2.29. The first-order valence-electron chi connectivity index (χ1n) is 7.11. The number of carbonyl (C=O) groups is 1. The van der Waals surface area contributed by atoms with Crippen molar-refractivity contribution >= 4 is 33.7 Å². The summed E-state index contributed by atoms with van der Waals surface area (Å²) in [6.07, 6.45) is 0. The zero-order chi connectivity index (χ0) is 15.9. The van der Waals surface area contributed by atoms with E-state index in [4.69, 9.17) is 11.5 Å². The molecule has 3 aromatic rings. The topological polar surface area (TPSA) is 90.2 Å². The molecule has 1 aromatic carbocycles. The van der Waals surface area contributed by atoms with Gasteiger partial charge in [0.25, 0.3) is 5.91 Å². The summed E-state index contributed by atoms with van der Waals surface area (Å²) in [4.78, 5) is 18.1. The minimum Gasteiger partial charge on any atom is -0.383 e. The average Bonchev–Trinajstić information content (AvgIpc) is 2.77. The summed E-state index contributed by atoms with van der Waals surface area (Å²) in [7, 11) is 4.06. The molecule has 22 heavy (non-hydrogen) atoms. The summed E-state index contributed by atoms with van der Waals surface area (Å²) in [5, 5.41) is 1.95. The summed E-state index contributed by atoms with van der Waals surface area (Å²) in [6, 6.07) is 9.78. The van der Waals surface area contributed by atoms with Crippen molar-refractivity contribution in [3.63, 3.8) is 0 Å². The lowest BCUT2D eigenvalue weighted by Crippen LogP contribution is -2.19. The maximum absolute atomic E-state index is 11.5. The summed E-state index contributed by atoms with van der Waals surface area (Å²) < 4.78 is 2.13. The van der Waals surface area contributed by atoms with Crippen molar-refractivity contribution in [2.24, 2.45) is 5.73 Å². The van der Waals surface area contributed by atoms with E-state index >= 15 is 0 Å². The molecule has 6 nitrogen and oxygen atoms in total. The van der Waals surface area contributed by atoms with Crippen LogP contribution in [0.25, 0.3) is 21.9 Å². The molecule has 2 heterocycles. The van der Waals surface area contributed by atoms with E-state index in [9.17, 15) is 4.79 Å². The van der Waals surface area contributed by atoms with Crippen LogP contribution in [0.3, 0.4) is 0 Å². The number of primary amides is 1. The SMILES string of the molecule is CN(C)CCn1c2ccccc2c2cc(C(N)=O)c(N)nc21. The molecule has 0 spiro atoms. The maximum Gasteiger partial charge on any atom is 0.252 e. The molecule has 6 heteroatoms. The number of hydrogen-bond donors (Lipinski definition) is 2. The van der Waals surface area contributed by atoms with Crippen LogP contribution in [0.1, 0.15) is 10.4 Å². The van der Waals surface area contributed by atoms with Gasteiger partial charge in [0.05, 0.1) is 11.1 Å². The van der Waals surface area contributed by atoms with Crippen molar-refractivity contribution in [3.05, 3.63) is 35.9 Å². The summed E-state index contributed by atoms with van der Waals surface area (Å²) in [5.41, 5.74) is 13.4. The van der Waals surface area contributed by atoms with Gasteiger partial charge in [-0.3, -0.25) is 4.79 Å². The Morgan fingerprint density at radius 3 is 2.68 bits per heavy atom. The number of aromatic nitrogens is 2. The number of carbonyl (C=O) groups excluding carboxylic acids is 1. The van der Waals surface area contributed by atoms with Crippen molar-refractivity contribution in [1.29, 1.82) is 0 Å². The fourth-order valence-corrected chi connectivity index (χ4v) is 2.70. The fraction of sp³-hybridized carbons (Fsp3) is 0.250. The van der Waals surface area contributed by atoms with Gasteiger partial charge in [0.1, 0.15) is 11.5 Å². The van der Waals surface area contributed by atoms with Crippen LogP contribution in [0, 0.1) is 0 Å². The molecule has 0 radical (unpaired) electrons. The molecule has 0 aliphatic carbocycles. The van der Waals surface area contributed by atoms with Crippen LogP contribution in [0.4, 0.5) is 5.82 Å². The molecule has 1 amide bonds. The number of nitrogens with two attached hydrogens (primary N) is 2. The van der Waals surface area contributed by atoms with Crippen LogP contribution in [0.2, 0.25) is 0 Å². The van der Waals surface area contributed by atoms with Gasteiger partial charge >= 0.3 is 0 Å². The normalized spacial score (nSPS) is 11.6. The number of rotatable bonds is 4. The van der Waals surface area contributed by atoms with Crippen LogP contribution in [0.15, 0.2) is 30.3 Å². The van der Waals surface area contributed by atoms with Crippen molar-refractivity contribution in [3.8, 4) is 0 Å². The van der Waals surface area contributed by atoms with E-state index < -0.39 is 5.91 Å². The summed E-state index contributed by atoms with van der Waals surface area (Å²) in [6.45, 7) is 1.67. The first-order valence-corrected chi connectivity index (χ1v) is 7.11. The molecule has 0 bridgehead atoms. The minimum atomic E-state index is -0.558. The predicted molar refractivity (Wildman–Crippen MR) is 88.7 cm³/mol. The van der Waals surface area contributed by atoms with Crippen LogP contribution >= 0.6 is 0 Å². The van der Waals surface area contributed by atoms with Gasteiger partial charge in [-0.2, -0.15) is 0 Å². The average molecular weight is 297 g/mol. The van der Waals surface area contributed by atoms with Gasteiger partial charge in [0.15, 0.2) is 0 Å². The zero-order valence-electron chi connectivity index (χ0n) is 12.7. The highest BCUT2D eigenvalue weighted by molar-refractivity contribution is 6.10. The van der Waals surface area contributed by atoms with Gasteiger partial charge < -0.3 is 20.9 Å². The van der Waals surface area contributed by atoms with E-state index in [1.165, 1.54) is 0 Å². The molecule has 0 unspecified atom stereocenters. The van der Waals surface area contributed by atoms with Crippen molar-refractivity contribution in [2.75, 3.05) is 26.4 Å². The lowest BCUT2D eigenvalue weighted by atomic mass is 10.1. The number of para-hydroxylation sites is 1. The molecule has 0 saturated heterocycles. The summed E-state index contributed by atoms with van der Waals surface area (Å²) in [5.74, 6) is -0.383. The molecule has 0 fully saturated rings. The Balaban J connectivity index is 2.31. The first kappa shape index (κ1) is 14.3. The number of likely N-dealkylation sites (N-methyl/N-ethyl adjacent to an activating group) is 1. The second-order valence-corrected chi connectivity index (χ2v) is 5.63. The number of nitrogen functional groups attached to an aromatic ring is 1. The largest absolute Gasteiger partial charge is 0.383 e. The third-order valence-corrected chi connectivity index (χ3v) is 3.81. The quantitative estimate of drug-likeness (QED) is 0.762. The molecule has 0 atom stereocenters. The molecule has 114 valence electrons. The van der Waals surface area contributed by atoms with Gasteiger partial charge in [-0.05, 0) is 26.2 Å². The number of nitrogens with zero attached hydrogens (tertiary/aromatic N) is 3. The molecular formula is C16H19N5O. The monoisotopic (exact) mass is 297 g/mol. The van der Waals surface area contributed by atoms with Crippen molar-refractivity contribution < 1.29 is 4.79 Å². The fourth-order valence-electron chi connectivity index (χ4n) is 2.70. The predicted octanol–water partition coefficient (Wildman–Crippen LogP) is 1.43. The lowest BCUT2D eigenvalue weighted by molar-refractivity contribution is 0.100. The Morgan fingerprint density at radius 1 is 1.27 bits per heavy atom. The molecule has 4 N–H and O–H groups in total. The maximum atomic E-state index is 11.5. The van der Waals surface area contributed by atoms with E-state index in [2.05, 4.69) is 14.5 Å². The second kappa shape index (κ2) is 5.31. The van der Waals surface area contributed by atoms with E-state index in [-0.39, 0.29) is 11.4 Å². The molecule has 0 aliphatic rings. The van der Waals surface area contributed by atoms with Crippen molar-refractivity contribution in [2.45, 2.75) is 6.54 Å². The number of fused-ring (bicyclic) bond motifs is 3. The van der Waals surface area contributed by atoms with Crippen LogP contribution in [0.5, 0.6) is 0 Å². The Labute approximate surface area is 128 Å². The Kier molecular flexibility index (Phi) is 3.46. The number of hydrogen-bond acceptors (Lipinski definition) is 4. The van der Waals surface area contributed by atoms with Gasteiger partial charge in [-0.15, -0.1) is 0 Å². The van der Waals surface area contributed by atoms with Gasteiger partial charge in [0.2, 0.25) is 0 Å². The smallest absolute Gasteiger partial charge is 0.252 e. The van der Waals surface area contributed by atoms with Gasteiger partial charge in [-0.1, -0.05) is 18.2 Å². The summed E-state index contributed by atoms with van der Waals surface area (Å²) >= 11 is 0. The second-order valence-electron chi connectivity index (χ2n) is 5.63. The Morgan fingerprint density at radius 2 is 2.00 bits per heavy atom.